The number of amides is 1. The van der Waals surface area contributed by atoms with Crippen LogP contribution in [0.2, 0.25) is 10.0 Å². The molecule has 0 spiro atoms. The summed E-state index contributed by atoms with van der Waals surface area (Å²) >= 11 is 12.1. The molecule has 138 valence electrons. The molecule has 0 aliphatic carbocycles. The van der Waals surface area contributed by atoms with Crippen LogP contribution in [0.15, 0.2) is 48.5 Å². The number of hydrogen-bond acceptors (Lipinski definition) is 3. The van der Waals surface area contributed by atoms with Crippen LogP contribution in [0.25, 0.3) is 0 Å². The van der Waals surface area contributed by atoms with Gasteiger partial charge in [0.25, 0.3) is 0 Å². The molecule has 2 aromatic rings. The molecule has 26 heavy (non-hydrogen) atoms. The molecule has 0 heterocycles. The number of halogens is 2. The number of ether oxygens (including phenoxy) is 1. The predicted molar refractivity (Wildman–Crippen MR) is 104 cm³/mol. The number of benzene rings is 2. The van der Waals surface area contributed by atoms with Crippen LogP contribution in [-0.4, -0.2) is 17.9 Å². The van der Waals surface area contributed by atoms with E-state index in [-0.39, 0.29) is 28.9 Å². The summed E-state index contributed by atoms with van der Waals surface area (Å²) in [5.74, 6) is -0.0980. The lowest BCUT2D eigenvalue weighted by atomic mass is 9.96. The van der Waals surface area contributed by atoms with Gasteiger partial charge in [0.05, 0.1) is 16.1 Å². The minimum atomic E-state index is -0.741. The van der Waals surface area contributed by atoms with Crippen LogP contribution in [0, 0.1) is 5.92 Å². The Morgan fingerprint density at radius 3 is 2.38 bits per heavy atom. The number of nitrogens with one attached hydrogen (secondary N) is 1. The van der Waals surface area contributed by atoms with Gasteiger partial charge in [-0.3, -0.25) is 4.79 Å². The molecule has 6 heteroatoms. The Kier molecular flexibility index (Phi) is 7.49. The van der Waals surface area contributed by atoms with Gasteiger partial charge in [0.2, 0.25) is 0 Å². The van der Waals surface area contributed by atoms with Crippen LogP contribution in [0.3, 0.4) is 0 Å². The minimum absolute atomic E-state index is 0.132. The van der Waals surface area contributed by atoms with Crippen LogP contribution >= 0.6 is 23.2 Å². The summed E-state index contributed by atoms with van der Waals surface area (Å²) in [6.07, 6.45) is -0.187. The van der Waals surface area contributed by atoms with Crippen molar-refractivity contribution in [3.8, 4) is 0 Å². The van der Waals surface area contributed by atoms with Gasteiger partial charge in [-0.2, -0.15) is 0 Å². The van der Waals surface area contributed by atoms with Crippen molar-refractivity contribution in [3.05, 3.63) is 69.7 Å². The van der Waals surface area contributed by atoms with Crippen molar-refractivity contribution in [2.24, 2.45) is 5.92 Å². The SMILES string of the molecule is CC(C)CC(NC(=O)OCc1ccccc1)C(=O)c1cccc(Cl)c1Cl. The third kappa shape index (κ3) is 5.75. The summed E-state index contributed by atoms with van der Waals surface area (Å²) < 4.78 is 5.22. The van der Waals surface area contributed by atoms with Gasteiger partial charge in [-0.25, -0.2) is 4.79 Å². The number of carbonyl (C=O) groups is 2. The van der Waals surface area contributed by atoms with E-state index in [1.54, 1.807) is 18.2 Å². The number of alkyl carbamates (subject to hydrolysis) is 1. The maximum atomic E-state index is 12.8. The summed E-state index contributed by atoms with van der Waals surface area (Å²) in [6, 6.07) is 13.4. The highest BCUT2D eigenvalue weighted by atomic mass is 35.5. The highest BCUT2D eigenvalue weighted by molar-refractivity contribution is 6.44. The Labute approximate surface area is 163 Å². The molecule has 2 aromatic carbocycles. The summed E-state index contributed by atoms with van der Waals surface area (Å²) in [5, 5.41) is 3.14. The Morgan fingerprint density at radius 1 is 1.04 bits per heavy atom. The molecule has 0 bridgehead atoms. The van der Waals surface area contributed by atoms with E-state index in [1.807, 2.05) is 44.2 Å². The number of ketones is 1. The lowest BCUT2D eigenvalue weighted by Crippen LogP contribution is -2.42. The molecular weight excluding hydrogens is 373 g/mol. The highest BCUT2D eigenvalue weighted by Crippen LogP contribution is 2.27. The first-order valence-electron chi connectivity index (χ1n) is 8.34. The topological polar surface area (TPSA) is 55.4 Å². The maximum absolute atomic E-state index is 12.8. The molecule has 4 nitrogen and oxygen atoms in total. The van der Waals surface area contributed by atoms with Crippen molar-refractivity contribution >= 4 is 35.1 Å². The molecular formula is C20H21Cl2NO3. The second-order valence-electron chi connectivity index (χ2n) is 6.35. The van der Waals surface area contributed by atoms with Crippen molar-refractivity contribution in [3.63, 3.8) is 0 Å². The largest absolute Gasteiger partial charge is 0.445 e. The van der Waals surface area contributed by atoms with E-state index in [1.165, 1.54) is 0 Å². The molecule has 0 aromatic heterocycles. The Morgan fingerprint density at radius 2 is 1.73 bits per heavy atom. The molecule has 1 atom stereocenters. The summed E-state index contributed by atoms with van der Waals surface area (Å²) in [4.78, 5) is 25.0. The van der Waals surface area contributed by atoms with Gasteiger partial charge in [-0.1, -0.05) is 73.4 Å². The van der Waals surface area contributed by atoms with Gasteiger partial charge in [0.15, 0.2) is 5.78 Å². The fourth-order valence-electron chi connectivity index (χ4n) is 2.49. The first kappa shape index (κ1) is 20.3. The second kappa shape index (κ2) is 9.60. The van der Waals surface area contributed by atoms with Gasteiger partial charge in [0.1, 0.15) is 6.61 Å². The highest BCUT2D eigenvalue weighted by Gasteiger charge is 2.26. The third-order valence-electron chi connectivity index (χ3n) is 3.75. The molecule has 0 saturated carbocycles. The number of Topliss-reactive ketones (excluding diaryl/α,β-unsaturated/α-hetero) is 1. The van der Waals surface area contributed by atoms with E-state index < -0.39 is 12.1 Å². The van der Waals surface area contributed by atoms with Crippen molar-refractivity contribution in [1.82, 2.24) is 5.32 Å². The number of rotatable bonds is 7. The van der Waals surface area contributed by atoms with Crippen molar-refractivity contribution in [1.29, 1.82) is 0 Å². The summed E-state index contributed by atoms with van der Waals surface area (Å²) in [6.45, 7) is 4.07. The van der Waals surface area contributed by atoms with Gasteiger partial charge in [0, 0.05) is 5.56 Å². The molecule has 0 aliphatic rings. The van der Waals surface area contributed by atoms with E-state index in [0.29, 0.717) is 11.4 Å². The molecule has 1 amide bonds. The van der Waals surface area contributed by atoms with Gasteiger partial charge < -0.3 is 10.1 Å². The monoisotopic (exact) mass is 393 g/mol. The van der Waals surface area contributed by atoms with Crippen LogP contribution in [0.5, 0.6) is 0 Å². The third-order valence-corrected chi connectivity index (χ3v) is 4.56. The molecule has 0 aliphatic heterocycles. The van der Waals surface area contributed by atoms with Crippen LogP contribution < -0.4 is 5.32 Å². The van der Waals surface area contributed by atoms with E-state index in [9.17, 15) is 9.59 Å². The van der Waals surface area contributed by atoms with Crippen LogP contribution in [-0.2, 0) is 11.3 Å². The molecule has 0 radical (unpaired) electrons. The maximum Gasteiger partial charge on any atom is 0.408 e. The first-order valence-corrected chi connectivity index (χ1v) is 9.09. The Hall–Kier alpha value is -2.04. The molecule has 0 saturated heterocycles. The van der Waals surface area contributed by atoms with E-state index >= 15 is 0 Å². The second-order valence-corrected chi connectivity index (χ2v) is 7.14. The van der Waals surface area contributed by atoms with Gasteiger partial charge in [-0.05, 0) is 30.0 Å². The summed E-state index contributed by atoms with van der Waals surface area (Å²) in [7, 11) is 0. The Balaban J connectivity index is 2.07. The normalized spacial score (nSPS) is 11.9. The lowest BCUT2D eigenvalue weighted by Gasteiger charge is -2.20. The zero-order chi connectivity index (χ0) is 19.1. The van der Waals surface area contributed by atoms with Gasteiger partial charge in [-0.15, -0.1) is 0 Å². The average molecular weight is 394 g/mol. The molecule has 2 rings (SSSR count). The molecule has 0 fully saturated rings. The van der Waals surface area contributed by atoms with Crippen molar-refractivity contribution < 1.29 is 14.3 Å². The Bertz CT molecular complexity index is 763. The average Bonchev–Trinajstić information content (AvgIpc) is 2.61. The van der Waals surface area contributed by atoms with Crippen LogP contribution in [0.1, 0.15) is 36.2 Å². The fraction of sp³-hybridized carbons (Fsp3) is 0.300. The van der Waals surface area contributed by atoms with E-state index in [0.717, 1.165) is 5.56 Å². The zero-order valence-electron chi connectivity index (χ0n) is 14.7. The fourth-order valence-corrected chi connectivity index (χ4v) is 2.89. The van der Waals surface area contributed by atoms with Crippen LogP contribution in [0.4, 0.5) is 4.79 Å². The standard InChI is InChI=1S/C20H21Cl2NO3/c1-13(2)11-17(19(24)15-9-6-10-16(21)18(15)22)23-20(25)26-12-14-7-4-3-5-8-14/h3-10,13,17H,11-12H2,1-2H3,(H,23,25). The van der Waals surface area contributed by atoms with Gasteiger partial charge >= 0.3 is 6.09 Å². The number of carbonyl (C=O) groups excluding carboxylic acids is 2. The van der Waals surface area contributed by atoms with E-state index in [2.05, 4.69) is 5.32 Å². The first-order chi connectivity index (χ1) is 12.4. The lowest BCUT2D eigenvalue weighted by molar-refractivity contribution is 0.0902. The number of hydrogen-bond donors (Lipinski definition) is 1. The van der Waals surface area contributed by atoms with Crippen molar-refractivity contribution in [2.75, 3.05) is 0 Å². The van der Waals surface area contributed by atoms with Crippen molar-refractivity contribution in [2.45, 2.75) is 32.9 Å². The van der Waals surface area contributed by atoms with E-state index in [4.69, 9.17) is 27.9 Å². The molecule has 1 unspecified atom stereocenters. The summed E-state index contributed by atoms with van der Waals surface area (Å²) in [5.41, 5.74) is 1.15. The molecule has 1 N–H and O–H groups in total. The quantitative estimate of drug-likeness (QED) is 0.630. The zero-order valence-corrected chi connectivity index (χ0v) is 16.2. The smallest absolute Gasteiger partial charge is 0.408 e. The predicted octanol–water partition coefficient (Wildman–Crippen LogP) is 5.52. The minimum Gasteiger partial charge on any atom is -0.445 e.